The molecule has 0 saturated heterocycles. The van der Waals surface area contributed by atoms with Crippen LogP contribution in [0.1, 0.15) is 0 Å². The van der Waals surface area contributed by atoms with Crippen LogP contribution in [-0.2, 0) is 4.79 Å². The first-order chi connectivity index (χ1) is 12.7. The first-order valence-electron chi connectivity index (χ1n) is 7.87. The van der Waals surface area contributed by atoms with Crippen LogP contribution in [0.15, 0.2) is 53.7 Å². The van der Waals surface area contributed by atoms with E-state index in [-0.39, 0.29) is 12.5 Å². The molecule has 0 saturated carbocycles. The molecule has 0 spiro atoms. The largest absolute Gasteiger partial charge is 0.485 e. The maximum atomic E-state index is 12.5. The molecular weight excluding hydrogens is 354 g/mol. The van der Waals surface area contributed by atoms with Crippen molar-refractivity contribution in [3.05, 3.63) is 48.5 Å². The lowest BCUT2D eigenvalue weighted by Gasteiger charge is -2.25. The zero-order valence-corrected chi connectivity index (χ0v) is 14.6. The summed E-state index contributed by atoms with van der Waals surface area (Å²) in [7, 11) is 0. The topological polar surface area (TPSA) is 91.2 Å². The third-order valence-corrected chi connectivity index (χ3v) is 4.40. The summed E-state index contributed by atoms with van der Waals surface area (Å²) >= 11 is 1.44. The SMILES string of the molecule is CSc1nnnn1-c1cccc(NC(=O)C2COc3ccccc3O2)c1. The molecule has 8 nitrogen and oxygen atoms in total. The Kier molecular flexibility index (Phi) is 4.44. The number of hydrogen-bond acceptors (Lipinski definition) is 7. The highest BCUT2D eigenvalue weighted by Gasteiger charge is 2.27. The summed E-state index contributed by atoms with van der Waals surface area (Å²) in [6.07, 6.45) is 1.18. The van der Waals surface area contributed by atoms with Crippen molar-refractivity contribution < 1.29 is 14.3 Å². The van der Waals surface area contributed by atoms with Gasteiger partial charge >= 0.3 is 0 Å². The van der Waals surface area contributed by atoms with E-state index in [9.17, 15) is 4.79 Å². The molecule has 132 valence electrons. The molecule has 1 aliphatic heterocycles. The second kappa shape index (κ2) is 7.04. The molecule has 2 aromatic carbocycles. The fourth-order valence-electron chi connectivity index (χ4n) is 2.56. The number of anilines is 1. The number of fused-ring (bicyclic) bond motifs is 1. The second-order valence-electron chi connectivity index (χ2n) is 5.48. The Labute approximate surface area is 153 Å². The van der Waals surface area contributed by atoms with Gasteiger partial charge in [-0.3, -0.25) is 4.79 Å². The predicted molar refractivity (Wildman–Crippen MR) is 95.9 cm³/mol. The quantitative estimate of drug-likeness (QED) is 0.705. The Morgan fingerprint density at radius 3 is 2.92 bits per heavy atom. The Balaban J connectivity index is 1.49. The van der Waals surface area contributed by atoms with E-state index in [0.717, 1.165) is 5.69 Å². The van der Waals surface area contributed by atoms with Gasteiger partial charge in [-0.1, -0.05) is 30.0 Å². The lowest BCUT2D eigenvalue weighted by molar-refractivity contribution is -0.125. The number of ether oxygens (including phenoxy) is 2. The molecular formula is C17H15N5O3S. The number of benzene rings is 2. The van der Waals surface area contributed by atoms with Gasteiger partial charge in [0, 0.05) is 5.69 Å². The molecule has 26 heavy (non-hydrogen) atoms. The average Bonchev–Trinajstić information content (AvgIpc) is 3.16. The van der Waals surface area contributed by atoms with Gasteiger partial charge in [-0.05, 0) is 47.0 Å². The number of tetrazole rings is 1. The van der Waals surface area contributed by atoms with Gasteiger partial charge in [0.1, 0.15) is 6.61 Å². The van der Waals surface area contributed by atoms with Crippen LogP contribution >= 0.6 is 11.8 Å². The number of nitrogens with one attached hydrogen (secondary N) is 1. The number of nitrogens with zero attached hydrogens (tertiary/aromatic N) is 4. The van der Waals surface area contributed by atoms with E-state index >= 15 is 0 Å². The number of carbonyl (C=O) groups excluding carboxylic acids is 1. The molecule has 3 aromatic rings. The van der Waals surface area contributed by atoms with E-state index in [4.69, 9.17) is 9.47 Å². The van der Waals surface area contributed by atoms with E-state index < -0.39 is 6.10 Å². The number of rotatable bonds is 4. The summed E-state index contributed by atoms with van der Waals surface area (Å²) in [4.78, 5) is 12.5. The Hall–Kier alpha value is -3.07. The van der Waals surface area contributed by atoms with Gasteiger partial charge in [-0.15, -0.1) is 5.10 Å². The molecule has 0 bridgehead atoms. The van der Waals surface area contributed by atoms with Crippen LogP contribution in [0.4, 0.5) is 5.69 Å². The zero-order chi connectivity index (χ0) is 17.9. The molecule has 0 aliphatic carbocycles. The van der Waals surface area contributed by atoms with Gasteiger partial charge in [0.05, 0.1) is 5.69 Å². The maximum Gasteiger partial charge on any atom is 0.269 e. The molecule has 1 unspecified atom stereocenters. The van der Waals surface area contributed by atoms with Crippen molar-refractivity contribution in [2.45, 2.75) is 11.3 Å². The fraction of sp³-hybridized carbons (Fsp3) is 0.176. The Bertz CT molecular complexity index is 945. The summed E-state index contributed by atoms with van der Waals surface area (Å²) in [5, 5.41) is 15.1. The molecule has 1 amide bonds. The highest BCUT2D eigenvalue weighted by atomic mass is 32.2. The van der Waals surface area contributed by atoms with Gasteiger partial charge < -0.3 is 14.8 Å². The highest BCUT2D eigenvalue weighted by Crippen LogP contribution is 2.31. The van der Waals surface area contributed by atoms with Crippen molar-refractivity contribution in [1.29, 1.82) is 0 Å². The lowest BCUT2D eigenvalue weighted by Crippen LogP contribution is -2.40. The molecule has 0 fully saturated rings. The molecule has 2 heterocycles. The zero-order valence-electron chi connectivity index (χ0n) is 13.8. The van der Waals surface area contributed by atoms with Crippen LogP contribution < -0.4 is 14.8 Å². The van der Waals surface area contributed by atoms with Gasteiger partial charge in [0.25, 0.3) is 5.91 Å². The number of amides is 1. The molecule has 4 rings (SSSR count). The van der Waals surface area contributed by atoms with Crippen molar-refractivity contribution in [2.75, 3.05) is 18.2 Å². The van der Waals surface area contributed by atoms with Crippen molar-refractivity contribution in [3.8, 4) is 17.2 Å². The third kappa shape index (κ3) is 3.21. The average molecular weight is 369 g/mol. The molecule has 1 aliphatic rings. The van der Waals surface area contributed by atoms with Crippen molar-refractivity contribution in [1.82, 2.24) is 20.2 Å². The Morgan fingerprint density at radius 1 is 1.23 bits per heavy atom. The monoisotopic (exact) mass is 369 g/mol. The first-order valence-corrected chi connectivity index (χ1v) is 9.09. The number of carbonyl (C=O) groups is 1. The predicted octanol–water partition coefficient (Wildman–Crippen LogP) is 2.16. The summed E-state index contributed by atoms with van der Waals surface area (Å²) in [5.74, 6) is 0.922. The van der Waals surface area contributed by atoms with Gasteiger partial charge in [-0.25, -0.2) is 0 Å². The number of hydrogen-bond donors (Lipinski definition) is 1. The summed E-state index contributed by atoms with van der Waals surface area (Å²) < 4.78 is 12.9. The molecule has 1 N–H and O–H groups in total. The van der Waals surface area contributed by atoms with E-state index in [1.807, 2.05) is 36.6 Å². The van der Waals surface area contributed by atoms with Crippen LogP contribution in [0, 0.1) is 0 Å². The Morgan fingerprint density at radius 2 is 2.08 bits per heavy atom. The van der Waals surface area contributed by atoms with E-state index in [1.165, 1.54) is 11.8 Å². The van der Waals surface area contributed by atoms with Gasteiger partial charge in [0.2, 0.25) is 11.3 Å². The lowest BCUT2D eigenvalue weighted by atomic mass is 10.2. The second-order valence-corrected chi connectivity index (χ2v) is 6.25. The number of para-hydroxylation sites is 2. The molecule has 9 heteroatoms. The smallest absolute Gasteiger partial charge is 0.269 e. The van der Waals surface area contributed by atoms with Gasteiger partial charge in [-0.2, -0.15) is 4.68 Å². The van der Waals surface area contributed by atoms with E-state index in [2.05, 4.69) is 20.8 Å². The van der Waals surface area contributed by atoms with E-state index in [0.29, 0.717) is 22.3 Å². The van der Waals surface area contributed by atoms with Gasteiger partial charge in [0.15, 0.2) is 11.5 Å². The number of thioether (sulfide) groups is 1. The highest BCUT2D eigenvalue weighted by molar-refractivity contribution is 7.98. The van der Waals surface area contributed by atoms with E-state index in [1.54, 1.807) is 22.9 Å². The standard InChI is InChI=1S/C17H15N5O3S/c1-26-17-19-20-21-22(17)12-6-4-5-11(9-12)18-16(23)15-10-24-13-7-2-3-8-14(13)25-15/h2-9,15H,10H2,1H3,(H,18,23). The number of aromatic nitrogens is 4. The molecule has 1 atom stereocenters. The van der Waals surface area contributed by atoms with Crippen LogP contribution in [0.3, 0.4) is 0 Å². The fourth-order valence-corrected chi connectivity index (χ4v) is 2.99. The maximum absolute atomic E-state index is 12.5. The van der Waals surface area contributed by atoms with Crippen LogP contribution in [0.2, 0.25) is 0 Å². The van der Waals surface area contributed by atoms with Crippen LogP contribution in [0.25, 0.3) is 5.69 Å². The third-order valence-electron chi connectivity index (χ3n) is 3.78. The van der Waals surface area contributed by atoms with Crippen LogP contribution in [-0.4, -0.2) is 45.1 Å². The molecule has 1 aromatic heterocycles. The van der Waals surface area contributed by atoms with Crippen molar-refractivity contribution in [2.24, 2.45) is 0 Å². The normalized spacial score (nSPS) is 15.5. The minimum atomic E-state index is -0.719. The summed E-state index contributed by atoms with van der Waals surface area (Å²) in [5.41, 5.74) is 1.38. The summed E-state index contributed by atoms with van der Waals surface area (Å²) in [6, 6.07) is 14.6. The first kappa shape index (κ1) is 16.4. The molecule has 0 radical (unpaired) electrons. The summed E-state index contributed by atoms with van der Waals surface area (Å²) in [6.45, 7) is 0.159. The minimum Gasteiger partial charge on any atom is -0.485 e. The van der Waals surface area contributed by atoms with Crippen molar-refractivity contribution >= 4 is 23.4 Å². The van der Waals surface area contributed by atoms with Crippen LogP contribution in [0.5, 0.6) is 11.5 Å². The van der Waals surface area contributed by atoms with Crippen molar-refractivity contribution in [3.63, 3.8) is 0 Å². The minimum absolute atomic E-state index is 0.159.